The summed E-state index contributed by atoms with van der Waals surface area (Å²) in [5.41, 5.74) is 0.845. The Morgan fingerprint density at radius 2 is 1.36 bits per heavy atom. The molecule has 3 aliphatic rings. The van der Waals surface area contributed by atoms with E-state index in [1.165, 1.54) is 16.4 Å². The minimum absolute atomic E-state index is 0.200. The second-order valence-corrected chi connectivity index (χ2v) is 15.8. The topological polar surface area (TPSA) is 23.8 Å². The first-order valence-corrected chi connectivity index (χ1v) is 11.3. The molecular weight excluding hydrogens is 323 g/mol. The molecule has 1 atom stereocenters. The first-order valence-electron chi connectivity index (χ1n) is 8.12. The molecule has 0 aromatic heterocycles. The van der Waals surface area contributed by atoms with Gasteiger partial charge in [-0.25, -0.2) is 0 Å². The highest BCUT2D eigenvalue weighted by Gasteiger charge is 2.55. The summed E-state index contributed by atoms with van der Waals surface area (Å²) < 4.78 is 0. The number of fused-ring (bicyclic) bond motifs is 1. The molecule has 0 saturated carbocycles. The van der Waals surface area contributed by atoms with Gasteiger partial charge in [-0.05, 0) is 40.7 Å². The summed E-state index contributed by atoms with van der Waals surface area (Å²) in [4.78, 5) is 0.218. The van der Waals surface area contributed by atoms with Gasteiger partial charge < -0.3 is 0 Å². The molecule has 3 rings (SSSR count). The highest BCUT2D eigenvalue weighted by molar-refractivity contribution is 8.06. The molecule has 1 unspecified atom stereocenters. The van der Waals surface area contributed by atoms with Crippen molar-refractivity contribution in [3.8, 4) is 6.07 Å². The highest BCUT2D eigenvalue weighted by Crippen LogP contribution is 2.74. The summed E-state index contributed by atoms with van der Waals surface area (Å²) in [7, 11) is 2.66. The third-order valence-corrected chi connectivity index (χ3v) is 14.4. The molecule has 0 radical (unpaired) electrons. The molecule has 0 fully saturated rings. The van der Waals surface area contributed by atoms with Crippen LogP contribution in [-0.2, 0) is 0 Å². The molecule has 3 aliphatic heterocycles. The summed E-state index contributed by atoms with van der Waals surface area (Å²) >= 11 is 0. The molecule has 0 saturated heterocycles. The average molecular weight is 353 g/mol. The van der Waals surface area contributed by atoms with Crippen LogP contribution in [0.4, 0.5) is 0 Å². The van der Waals surface area contributed by atoms with Crippen molar-refractivity contribution in [1.82, 2.24) is 0 Å². The first kappa shape index (κ1) is 18.6. The zero-order valence-corrected chi connectivity index (χ0v) is 18.3. The fraction of sp³-hybridized carbons (Fsp3) is 0.833. The monoisotopic (exact) mass is 353 g/mol. The van der Waals surface area contributed by atoms with E-state index in [2.05, 4.69) is 68.4 Å². The molecule has 2 bridgehead atoms. The zero-order valence-electron chi connectivity index (χ0n) is 15.6. The Labute approximate surface area is 141 Å². The Morgan fingerprint density at radius 3 is 1.64 bits per heavy atom. The van der Waals surface area contributed by atoms with Crippen LogP contribution in [0.25, 0.3) is 0 Å². The SMILES string of the molecule is CC(C)(C)C1=PC2(C(C)(C)C)CC(C#N)P1C(C(C)(C)C)=P2. The van der Waals surface area contributed by atoms with Gasteiger partial charge in [-0.3, -0.25) is 0 Å². The number of rotatable bonds is 0. The van der Waals surface area contributed by atoms with E-state index < -0.39 is 7.92 Å². The van der Waals surface area contributed by atoms with Gasteiger partial charge in [0.2, 0.25) is 0 Å². The van der Waals surface area contributed by atoms with Crippen molar-refractivity contribution in [2.45, 2.75) is 79.3 Å². The second-order valence-electron chi connectivity index (χ2n) is 9.66. The summed E-state index contributed by atoms with van der Waals surface area (Å²) in [5.74, 6) is 0. The van der Waals surface area contributed by atoms with E-state index >= 15 is 0 Å². The molecule has 122 valence electrons. The van der Waals surface area contributed by atoms with Gasteiger partial charge in [0.25, 0.3) is 0 Å². The van der Waals surface area contributed by atoms with Crippen LogP contribution in [0.5, 0.6) is 0 Å². The lowest BCUT2D eigenvalue weighted by Gasteiger charge is -2.55. The molecular formula is C18H30NP3. The molecule has 4 heteroatoms. The Balaban J connectivity index is 2.76. The van der Waals surface area contributed by atoms with Crippen molar-refractivity contribution in [1.29, 1.82) is 5.26 Å². The van der Waals surface area contributed by atoms with Gasteiger partial charge in [0.1, 0.15) is 0 Å². The third kappa shape index (κ3) is 2.98. The molecule has 0 aromatic rings. The number of nitrogens with zero attached hydrogens (tertiary/aromatic N) is 1. The van der Waals surface area contributed by atoms with Crippen molar-refractivity contribution in [2.24, 2.45) is 16.2 Å². The smallest absolute Gasteiger partial charge is 0.0763 e. The summed E-state index contributed by atoms with van der Waals surface area (Å²) in [6.07, 6.45) is 1.08. The van der Waals surface area contributed by atoms with E-state index in [9.17, 15) is 5.26 Å². The number of nitriles is 1. The Kier molecular flexibility index (Phi) is 4.55. The van der Waals surface area contributed by atoms with Crippen molar-refractivity contribution in [2.75, 3.05) is 0 Å². The Hall–Kier alpha value is 0.260. The van der Waals surface area contributed by atoms with Crippen molar-refractivity contribution in [3.63, 3.8) is 0 Å². The molecule has 1 nitrogen and oxygen atoms in total. The fourth-order valence-electron chi connectivity index (χ4n) is 3.13. The maximum absolute atomic E-state index is 9.89. The van der Waals surface area contributed by atoms with E-state index in [0.717, 1.165) is 6.42 Å². The molecule has 0 aromatic carbocycles. The van der Waals surface area contributed by atoms with Crippen LogP contribution in [0.1, 0.15) is 68.7 Å². The van der Waals surface area contributed by atoms with Gasteiger partial charge >= 0.3 is 0 Å². The van der Waals surface area contributed by atoms with E-state index in [0.29, 0.717) is 0 Å². The van der Waals surface area contributed by atoms with Gasteiger partial charge in [-0.1, -0.05) is 78.7 Å². The summed E-state index contributed by atoms with van der Waals surface area (Å²) in [6.45, 7) is 21.2. The van der Waals surface area contributed by atoms with E-state index in [-0.39, 0.29) is 26.8 Å². The summed E-state index contributed by atoms with van der Waals surface area (Å²) in [6, 6.07) is 2.71. The lowest BCUT2D eigenvalue weighted by atomic mass is 9.88. The molecule has 0 N–H and O–H groups in total. The minimum Gasteiger partial charge on any atom is -0.198 e. The molecule has 0 aliphatic carbocycles. The second kappa shape index (κ2) is 5.38. The van der Waals surface area contributed by atoms with Crippen LogP contribution < -0.4 is 0 Å². The standard InChI is InChI=1S/C18H30NP3/c1-15(2,3)13-20-18(17(7,8)9)10-12(11-19)22(13)14(21-18)16(4,5)6/h12H,10H2,1-9H3. The lowest BCUT2D eigenvalue weighted by molar-refractivity contribution is 0.351. The fourth-order valence-corrected chi connectivity index (χ4v) is 13.7. The quantitative estimate of drug-likeness (QED) is 0.441. The maximum atomic E-state index is 9.89. The van der Waals surface area contributed by atoms with Crippen LogP contribution in [0, 0.1) is 27.6 Å². The van der Waals surface area contributed by atoms with Crippen LogP contribution in [-0.4, -0.2) is 20.6 Å². The molecule has 0 spiro atoms. The third-order valence-electron chi connectivity index (χ3n) is 4.52. The van der Waals surface area contributed by atoms with Crippen molar-refractivity contribution >= 4 is 34.4 Å². The van der Waals surface area contributed by atoms with E-state index in [1.54, 1.807) is 10.1 Å². The van der Waals surface area contributed by atoms with Crippen LogP contribution in [0.15, 0.2) is 0 Å². The maximum Gasteiger partial charge on any atom is 0.0763 e. The van der Waals surface area contributed by atoms with Gasteiger partial charge in [-0.15, -0.1) is 0 Å². The van der Waals surface area contributed by atoms with Crippen LogP contribution in [0.2, 0.25) is 0 Å². The largest absolute Gasteiger partial charge is 0.198 e. The van der Waals surface area contributed by atoms with Crippen LogP contribution in [0.3, 0.4) is 0 Å². The predicted molar refractivity (Wildman–Crippen MR) is 106 cm³/mol. The molecule has 0 amide bonds. The van der Waals surface area contributed by atoms with Crippen molar-refractivity contribution in [3.05, 3.63) is 0 Å². The zero-order chi connectivity index (χ0) is 17.1. The van der Waals surface area contributed by atoms with Crippen LogP contribution >= 0.6 is 24.3 Å². The van der Waals surface area contributed by atoms with Gasteiger partial charge in [0, 0.05) is 0 Å². The Bertz CT molecular complexity index is 541. The average Bonchev–Trinajstić information content (AvgIpc) is 2.34. The lowest BCUT2D eigenvalue weighted by Crippen LogP contribution is -2.46. The van der Waals surface area contributed by atoms with Gasteiger partial charge in [0.15, 0.2) is 0 Å². The highest BCUT2D eigenvalue weighted by atomic mass is 31.2. The summed E-state index contributed by atoms with van der Waals surface area (Å²) in [5, 5.41) is 13.2. The van der Waals surface area contributed by atoms with E-state index in [1.807, 2.05) is 0 Å². The first-order chi connectivity index (χ1) is 9.73. The van der Waals surface area contributed by atoms with Gasteiger partial charge in [-0.2, -0.15) is 5.26 Å². The minimum atomic E-state index is -0.402. The molecule has 3 heterocycles. The number of hydrogen-bond donors (Lipinski definition) is 0. The predicted octanol–water partition coefficient (Wildman–Crippen LogP) is 6.76. The normalized spacial score (nSPS) is 33.8. The molecule has 22 heavy (non-hydrogen) atoms. The number of hydrogen-bond acceptors (Lipinski definition) is 1. The Morgan fingerprint density at radius 1 is 0.955 bits per heavy atom. The van der Waals surface area contributed by atoms with E-state index in [4.69, 9.17) is 0 Å². The van der Waals surface area contributed by atoms with Gasteiger partial charge in [0.05, 0.1) is 16.6 Å². The van der Waals surface area contributed by atoms with Crippen molar-refractivity contribution < 1.29 is 0 Å².